The fourth-order valence-corrected chi connectivity index (χ4v) is 2.68. The zero-order valence-electron chi connectivity index (χ0n) is 13.0. The van der Waals surface area contributed by atoms with Crippen molar-refractivity contribution < 1.29 is 5.11 Å². The van der Waals surface area contributed by atoms with Crippen molar-refractivity contribution >= 4 is 11.6 Å². The standard InChI is InChI=1S/C18H29ClO/c1-3-4-5-6-7-8-9-10-15-18(2,20)16-11-13-17(19)14-12-16/h11-14,20H,3-10,15H2,1-2H3. The molecule has 0 saturated heterocycles. The van der Waals surface area contributed by atoms with Crippen molar-refractivity contribution in [3.8, 4) is 0 Å². The summed E-state index contributed by atoms with van der Waals surface area (Å²) in [5, 5.41) is 11.2. The van der Waals surface area contributed by atoms with Gasteiger partial charge in [-0.05, 0) is 31.0 Å². The monoisotopic (exact) mass is 296 g/mol. The van der Waals surface area contributed by atoms with Crippen molar-refractivity contribution in [1.82, 2.24) is 0 Å². The second-order valence-corrected chi connectivity index (χ2v) is 6.44. The molecule has 1 N–H and O–H groups in total. The van der Waals surface area contributed by atoms with Crippen LogP contribution in [0.4, 0.5) is 0 Å². The van der Waals surface area contributed by atoms with E-state index in [4.69, 9.17) is 11.6 Å². The Morgan fingerprint density at radius 2 is 1.40 bits per heavy atom. The highest BCUT2D eigenvalue weighted by atomic mass is 35.5. The Morgan fingerprint density at radius 3 is 1.95 bits per heavy atom. The van der Waals surface area contributed by atoms with E-state index in [-0.39, 0.29) is 0 Å². The average Bonchev–Trinajstić information content (AvgIpc) is 2.42. The van der Waals surface area contributed by atoms with Crippen LogP contribution in [0.15, 0.2) is 24.3 Å². The van der Waals surface area contributed by atoms with E-state index < -0.39 is 5.60 Å². The Morgan fingerprint density at radius 1 is 0.900 bits per heavy atom. The molecular formula is C18H29ClO. The van der Waals surface area contributed by atoms with E-state index in [0.717, 1.165) is 23.4 Å². The summed E-state index contributed by atoms with van der Waals surface area (Å²) in [6, 6.07) is 7.54. The van der Waals surface area contributed by atoms with Gasteiger partial charge >= 0.3 is 0 Å². The van der Waals surface area contributed by atoms with Gasteiger partial charge in [-0.25, -0.2) is 0 Å². The van der Waals surface area contributed by atoms with Crippen LogP contribution in [-0.4, -0.2) is 5.11 Å². The maximum atomic E-state index is 10.5. The second-order valence-electron chi connectivity index (χ2n) is 6.01. The quantitative estimate of drug-likeness (QED) is 0.519. The van der Waals surface area contributed by atoms with Gasteiger partial charge in [0.2, 0.25) is 0 Å². The van der Waals surface area contributed by atoms with E-state index in [1.54, 1.807) is 0 Å². The van der Waals surface area contributed by atoms with Gasteiger partial charge in [-0.3, -0.25) is 0 Å². The summed E-state index contributed by atoms with van der Waals surface area (Å²) in [6.07, 6.45) is 11.2. The third-order valence-corrected chi connectivity index (χ3v) is 4.24. The van der Waals surface area contributed by atoms with Gasteiger partial charge in [0.05, 0.1) is 5.60 Å². The maximum absolute atomic E-state index is 10.5. The van der Waals surface area contributed by atoms with Crippen LogP contribution in [0.5, 0.6) is 0 Å². The van der Waals surface area contributed by atoms with Gasteiger partial charge in [0.15, 0.2) is 0 Å². The number of hydrogen-bond acceptors (Lipinski definition) is 1. The molecule has 0 aliphatic rings. The molecule has 1 aromatic carbocycles. The van der Waals surface area contributed by atoms with Crippen LogP contribution < -0.4 is 0 Å². The molecular weight excluding hydrogens is 268 g/mol. The molecule has 0 radical (unpaired) electrons. The van der Waals surface area contributed by atoms with E-state index in [1.807, 2.05) is 31.2 Å². The molecule has 1 aromatic rings. The lowest BCUT2D eigenvalue weighted by Gasteiger charge is -2.24. The van der Waals surface area contributed by atoms with E-state index in [9.17, 15) is 5.11 Å². The summed E-state index contributed by atoms with van der Waals surface area (Å²) >= 11 is 5.88. The van der Waals surface area contributed by atoms with Crippen molar-refractivity contribution in [2.45, 2.75) is 77.2 Å². The summed E-state index contributed by atoms with van der Waals surface area (Å²) in [6.45, 7) is 4.15. The first-order chi connectivity index (χ1) is 9.56. The van der Waals surface area contributed by atoms with Crippen molar-refractivity contribution in [2.24, 2.45) is 0 Å². The normalized spacial score (nSPS) is 14.2. The van der Waals surface area contributed by atoms with Crippen LogP contribution in [0.1, 0.15) is 77.2 Å². The van der Waals surface area contributed by atoms with Gasteiger partial charge in [-0.15, -0.1) is 0 Å². The Balaban J connectivity index is 2.18. The first kappa shape index (κ1) is 17.5. The molecule has 1 unspecified atom stereocenters. The Bertz CT molecular complexity index is 356. The van der Waals surface area contributed by atoms with E-state index >= 15 is 0 Å². The molecule has 0 bridgehead atoms. The minimum absolute atomic E-state index is 0.719. The molecule has 0 heterocycles. The first-order valence-electron chi connectivity index (χ1n) is 8.04. The SMILES string of the molecule is CCCCCCCCCCC(C)(O)c1ccc(Cl)cc1. The summed E-state index contributed by atoms with van der Waals surface area (Å²) < 4.78 is 0. The number of aliphatic hydroxyl groups is 1. The van der Waals surface area contributed by atoms with Gasteiger partial charge < -0.3 is 5.11 Å². The van der Waals surface area contributed by atoms with Crippen LogP contribution in [0.3, 0.4) is 0 Å². The van der Waals surface area contributed by atoms with Gasteiger partial charge in [-0.2, -0.15) is 0 Å². The van der Waals surface area contributed by atoms with Crippen molar-refractivity contribution in [3.05, 3.63) is 34.9 Å². The molecule has 1 atom stereocenters. The van der Waals surface area contributed by atoms with Crippen molar-refractivity contribution in [1.29, 1.82) is 0 Å². The highest BCUT2D eigenvalue weighted by molar-refractivity contribution is 6.30. The molecule has 0 aromatic heterocycles. The minimum atomic E-state index is -0.729. The summed E-state index contributed by atoms with van der Waals surface area (Å²) in [5.41, 5.74) is 0.233. The highest BCUT2D eigenvalue weighted by Crippen LogP contribution is 2.28. The largest absolute Gasteiger partial charge is 0.385 e. The second kappa shape index (κ2) is 9.41. The average molecular weight is 297 g/mol. The van der Waals surface area contributed by atoms with E-state index in [2.05, 4.69) is 6.92 Å². The zero-order chi connectivity index (χ0) is 14.8. The van der Waals surface area contributed by atoms with E-state index in [0.29, 0.717) is 0 Å². The van der Waals surface area contributed by atoms with Crippen molar-refractivity contribution in [2.75, 3.05) is 0 Å². The van der Waals surface area contributed by atoms with Gasteiger partial charge in [0.25, 0.3) is 0 Å². The third kappa shape index (κ3) is 6.76. The molecule has 0 spiro atoms. The lowest BCUT2D eigenvalue weighted by atomic mass is 9.90. The molecule has 0 saturated carbocycles. The predicted octanol–water partition coefficient (Wildman–Crippen LogP) is 6.08. The van der Waals surface area contributed by atoms with Gasteiger partial charge in [0.1, 0.15) is 0 Å². The molecule has 114 valence electrons. The van der Waals surface area contributed by atoms with Gasteiger partial charge in [-0.1, -0.05) is 82.0 Å². The highest BCUT2D eigenvalue weighted by Gasteiger charge is 2.21. The smallest absolute Gasteiger partial charge is 0.0868 e. The maximum Gasteiger partial charge on any atom is 0.0868 e. The number of benzene rings is 1. The van der Waals surface area contributed by atoms with E-state index in [1.165, 1.54) is 44.9 Å². The number of halogens is 1. The van der Waals surface area contributed by atoms with Gasteiger partial charge in [0, 0.05) is 5.02 Å². The lowest BCUT2D eigenvalue weighted by molar-refractivity contribution is 0.0448. The third-order valence-electron chi connectivity index (χ3n) is 3.98. The lowest BCUT2D eigenvalue weighted by Crippen LogP contribution is -2.20. The summed E-state index contributed by atoms with van der Waals surface area (Å²) in [5.74, 6) is 0. The zero-order valence-corrected chi connectivity index (χ0v) is 13.8. The van der Waals surface area contributed by atoms with Crippen molar-refractivity contribution in [3.63, 3.8) is 0 Å². The molecule has 0 aliphatic heterocycles. The number of rotatable bonds is 10. The van der Waals surface area contributed by atoms with Crippen LogP contribution >= 0.6 is 11.6 Å². The van der Waals surface area contributed by atoms with Crippen LogP contribution in [0, 0.1) is 0 Å². The fourth-order valence-electron chi connectivity index (χ4n) is 2.56. The minimum Gasteiger partial charge on any atom is -0.385 e. The topological polar surface area (TPSA) is 20.2 Å². The Kier molecular flexibility index (Phi) is 8.25. The molecule has 2 heteroatoms. The fraction of sp³-hybridized carbons (Fsp3) is 0.667. The number of unbranched alkanes of at least 4 members (excludes halogenated alkanes) is 7. The first-order valence-corrected chi connectivity index (χ1v) is 8.42. The van der Waals surface area contributed by atoms with Crippen LogP contribution in [0.25, 0.3) is 0 Å². The molecule has 1 rings (SSSR count). The molecule has 0 aliphatic carbocycles. The molecule has 0 amide bonds. The molecule has 0 fully saturated rings. The Hall–Kier alpha value is -0.530. The predicted molar refractivity (Wildman–Crippen MR) is 88.2 cm³/mol. The Labute approximate surface area is 129 Å². The number of hydrogen-bond donors (Lipinski definition) is 1. The summed E-state index contributed by atoms with van der Waals surface area (Å²) in [4.78, 5) is 0. The molecule has 1 nitrogen and oxygen atoms in total. The molecule has 20 heavy (non-hydrogen) atoms. The van der Waals surface area contributed by atoms with Crippen LogP contribution in [-0.2, 0) is 5.60 Å². The summed E-state index contributed by atoms with van der Waals surface area (Å²) in [7, 11) is 0. The van der Waals surface area contributed by atoms with Crippen LogP contribution in [0.2, 0.25) is 5.02 Å².